The van der Waals surface area contributed by atoms with Crippen molar-refractivity contribution in [2.75, 3.05) is 6.79 Å². The Labute approximate surface area is 178 Å². The molecule has 0 saturated carbocycles. The lowest BCUT2D eigenvalue weighted by atomic mass is 9.95. The maximum Gasteiger partial charge on any atom is 0.231 e. The molecule has 0 radical (unpaired) electrons. The van der Waals surface area contributed by atoms with Gasteiger partial charge in [-0.1, -0.05) is 66.7 Å². The molecule has 4 heteroatoms. The summed E-state index contributed by atoms with van der Waals surface area (Å²) in [5.41, 5.74) is 3.24. The SMILES string of the molecule is O=C(c1ccccc1)c1oc2ccc3ccccc3c2c1Cc1ccc2c(c1)OCO2. The van der Waals surface area contributed by atoms with Gasteiger partial charge in [-0.2, -0.15) is 0 Å². The van der Waals surface area contributed by atoms with Gasteiger partial charge in [0.05, 0.1) is 0 Å². The summed E-state index contributed by atoms with van der Waals surface area (Å²) in [6.45, 7) is 0.232. The normalized spacial score (nSPS) is 12.5. The average Bonchev–Trinajstić information content (AvgIpc) is 3.44. The highest BCUT2D eigenvalue weighted by Crippen LogP contribution is 2.37. The second-order valence-corrected chi connectivity index (χ2v) is 7.63. The lowest BCUT2D eigenvalue weighted by Crippen LogP contribution is -2.03. The number of ether oxygens (including phenoxy) is 2. The molecule has 0 fully saturated rings. The van der Waals surface area contributed by atoms with E-state index in [1.165, 1.54) is 0 Å². The summed E-state index contributed by atoms with van der Waals surface area (Å²) in [4.78, 5) is 13.4. The molecule has 31 heavy (non-hydrogen) atoms. The lowest BCUT2D eigenvalue weighted by molar-refractivity contribution is 0.101. The summed E-state index contributed by atoms with van der Waals surface area (Å²) in [6.07, 6.45) is 0.547. The van der Waals surface area contributed by atoms with E-state index in [4.69, 9.17) is 13.9 Å². The van der Waals surface area contributed by atoms with E-state index < -0.39 is 0 Å². The third-order valence-electron chi connectivity index (χ3n) is 5.74. The molecule has 0 unspecified atom stereocenters. The van der Waals surface area contributed by atoms with Crippen LogP contribution in [0.2, 0.25) is 0 Å². The highest BCUT2D eigenvalue weighted by Gasteiger charge is 2.24. The molecule has 150 valence electrons. The number of furan rings is 1. The maximum absolute atomic E-state index is 13.4. The van der Waals surface area contributed by atoms with Gasteiger partial charge in [-0.3, -0.25) is 4.79 Å². The molecule has 5 aromatic rings. The van der Waals surface area contributed by atoms with Gasteiger partial charge >= 0.3 is 0 Å². The molecule has 0 amide bonds. The van der Waals surface area contributed by atoms with Crippen LogP contribution in [0.25, 0.3) is 21.7 Å². The van der Waals surface area contributed by atoms with Crippen molar-refractivity contribution in [1.29, 1.82) is 0 Å². The zero-order chi connectivity index (χ0) is 20.8. The van der Waals surface area contributed by atoms with Gasteiger partial charge in [-0.05, 0) is 34.5 Å². The monoisotopic (exact) mass is 406 g/mol. The molecule has 1 aliphatic heterocycles. The van der Waals surface area contributed by atoms with Crippen LogP contribution >= 0.6 is 0 Å². The number of rotatable bonds is 4. The van der Waals surface area contributed by atoms with Crippen LogP contribution in [0.4, 0.5) is 0 Å². The molecule has 0 spiro atoms. The van der Waals surface area contributed by atoms with E-state index in [0.717, 1.165) is 38.8 Å². The highest BCUT2D eigenvalue weighted by atomic mass is 16.7. The first-order valence-electron chi connectivity index (χ1n) is 10.2. The predicted octanol–water partition coefficient (Wildman–Crippen LogP) is 6.14. The van der Waals surface area contributed by atoms with Crippen molar-refractivity contribution in [1.82, 2.24) is 0 Å². The summed E-state index contributed by atoms with van der Waals surface area (Å²) >= 11 is 0. The van der Waals surface area contributed by atoms with Gasteiger partial charge < -0.3 is 13.9 Å². The van der Waals surface area contributed by atoms with Crippen LogP contribution in [0.3, 0.4) is 0 Å². The fourth-order valence-corrected chi connectivity index (χ4v) is 4.26. The Morgan fingerprint density at radius 2 is 1.61 bits per heavy atom. The third kappa shape index (κ3) is 2.96. The van der Waals surface area contributed by atoms with Crippen LogP contribution in [0, 0.1) is 0 Å². The van der Waals surface area contributed by atoms with Crippen molar-refractivity contribution in [3.63, 3.8) is 0 Å². The Morgan fingerprint density at radius 3 is 2.52 bits per heavy atom. The Kier molecular flexibility index (Phi) is 4.03. The topological polar surface area (TPSA) is 48.7 Å². The molecule has 0 aliphatic carbocycles. The lowest BCUT2D eigenvalue weighted by Gasteiger charge is -2.06. The van der Waals surface area contributed by atoms with E-state index in [2.05, 4.69) is 12.1 Å². The van der Waals surface area contributed by atoms with Crippen LogP contribution in [0.1, 0.15) is 27.2 Å². The minimum Gasteiger partial charge on any atom is -0.454 e. The molecular weight excluding hydrogens is 388 g/mol. The maximum atomic E-state index is 13.4. The molecule has 0 bridgehead atoms. The summed E-state index contributed by atoms with van der Waals surface area (Å²) < 4.78 is 17.2. The van der Waals surface area contributed by atoms with E-state index in [-0.39, 0.29) is 12.6 Å². The Bertz CT molecular complexity index is 1450. The first-order valence-corrected chi connectivity index (χ1v) is 10.2. The van der Waals surface area contributed by atoms with Gasteiger partial charge in [0, 0.05) is 22.9 Å². The van der Waals surface area contributed by atoms with Crippen molar-refractivity contribution in [2.24, 2.45) is 0 Å². The van der Waals surface area contributed by atoms with Crippen molar-refractivity contribution in [3.8, 4) is 11.5 Å². The van der Waals surface area contributed by atoms with Crippen LogP contribution in [-0.2, 0) is 6.42 Å². The first-order chi connectivity index (χ1) is 15.3. The van der Waals surface area contributed by atoms with E-state index in [1.54, 1.807) is 0 Å². The van der Waals surface area contributed by atoms with Crippen LogP contribution in [0.15, 0.2) is 89.3 Å². The summed E-state index contributed by atoms with van der Waals surface area (Å²) in [5, 5.41) is 3.17. The van der Waals surface area contributed by atoms with E-state index in [0.29, 0.717) is 23.3 Å². The summed E-state index contributed by atoms with van der Waals surface area (Å²) in [7, 11) is 0. The highest BCUT2D eigenvalue weighted by molar-refractivity contribution is 6.15. The van der Waals surface area contributed by atoms with E-state index >= 15 is 0 Å². The van der Waals surface area contributed by atoms with Crippen LogP contribution < -0.4 is 9.47 Å². The third-order valence-corrected chi connectivity index (χ3v) is 5.74. The fourth-order valence-electron chi connectivity index (χ4n) is 4.26. The van der Waals surface area contributed by atoms with Crippen molar-refractivity contribution in [3.05, 3.63) is 107 Å². The van der Waals surface area contributed by atoms with Gasteiger partial charge in [0.15, 0.2) is 17.3 Å². The molecule has 0 N–H and O–H groups in total. The smallest absolute Gasteiger partial charge is 0.231 e. The van der Waals surface area contributed by atoms with Crippen molar-refractivity contribution >= 4 is 27.5 Å². The number of hydrogen-bond acceptors (Lipinski definition) is 4. The fraction of sp³-hybridized carbons (Fsp3) is 0.0741. The first kappa shape index (κ1) is 17.8. The number of carbonyl (C=O) groups is 1. The van der Waals surface area contributed by atoms with E-state index in [1.807, 2.05) is 72.8 Å². The number of benzene rings is 4. The van der Waals surface area contributed by atoms with E-state index in [9.17, 15) is 4.79 Å². The quantitative estimate of drug-likeness (QED) is 0.337. The van der Waals surface area contributed by atoms with Gasteiger partial charge in [0.1, 0.15) is 5.58 Å². The van der Waals surface area contributed by atoms with Gasteiger partial charge in [0.25, 0.3) is 0 Å². The molecule has 0 saturated heterocycles. The Balaban J connectivity index is 1.57. The number of fused-ring (bicyclic) bond motifs is 4. The van der Waals surface area contributed by atoms with Crippen molar-refractivity contribution in [2.45, 2.75) is 6.42 Å². The zero-order valence-electron chi connectivity index (χ0n) is 16.6. The molecule has 1 aromatic heterocycles. The van der Waals surface area contributed by atoms with Gasteiger partial charge in [0.2, 0.25) is 12.6 Å². The molecule has 4 aromatic carbocycles. The molecule has 6 rings (SSSR count). The van der Waals surface area contributed by atoms with Crippen LogP contribution in [-0.4, -0.2) is 12.6 Å². The predicted molar refractivity (Wildman–Crippen MR) is 119 cm³/mol. The Hall–Kier alpha value is -4.05. The zero-order valence-corrected chi connectivity index (χ0v) is 16.6. The summed E-state index contributed by atoms with van der Waals surface area (Å²) in [6, 6.07) is 27.3. The number of carbonyl (C=O) groups excluding carboxylic acids is 1. The largest absolute Gasteiger partial charge is 0.454 e. The van der Waals surface area contributed by atoms with Gasteiger partial charge in [-0.15, -0.1) is 0 Å². The van der Waals surface area contributed by atoms with Crippen molar-refractivity contribution < 1.29 is 18.7 Å². The minimum absolute atomic E-state index is 0.114. The average molecular weight is 406 g/mol. The Morgan fingerprint density at radius 1 is 0.806 bits per heavy atom. The summed E-state index contributed by atoms with van der Waals surface area (Å²) in [5.74, 6) is 1.74. The molecule has 2 heterocycles. The van der Waals surface area contributed by atoms with Crippen LogP contribution in [0.5, 0.6) is 11.5 Å². The molecule has 4 nitrogen and oxygen atoms in total. The molecular formula is C27H18O4. The number of hydrogen-bond donors (Lipinski definition) is 0. The molecule has 1 aliphatic rings. The molecule has 0 atom stereocenters. The van der Waals surface area contributed by atoms with Gasteiger partial charge in [-0.25, -0.2) is 0 Å². The minimum atomic E-state index is -0.114. The standard InChI is InChI=1S/C27H18O4/c28-26(19-7-2-1-3-8-19)27-21(14-17-10-12-22-24(15-17)30-16-29-22)25-20-9-5-4-6-18(20)11-13-23(25)31-27/h1-13,15H,14,16H2. The second kappa shape index (κ2) is 7.03. The number of ketones is 1. The second-order valence-electron chi connectivity index (χ2n) is 7.63.